The quantitative estimate of drug-likeness (QED) is 0.755. The maximum atomic E-state index is 13.0. The van der Waals surface area contributed by atoms with Gasteiger partial charge in [0.25, 0.3) is 5.91 Å². The number of hydrogen-bond acceptors (Lipinski definition) is 5. The van der Waals surface area contributed by atoms with Crippen LogP contribution in [0, 0.1) is 0 Å². The van der Waals surface area contributed by atoms with Gasteiger partial charge in [-0.15, -0.1) is 11.8 Å². The summed E-state index contributed by atoms with van der Waals surface area (Å²) in [5.74, 6) is 1.34. The Balaban J connectivity index is 1.76. The van der Waals surface area contributed by atoms with Gasteiger partial charge in [0, 0.05) is 17.0 Å². The van der Waals surface area contributed by atoms with Crippen molar-refractivity contribution in [2.45, 2.75) is 6.04 Å². The van der Waals surface area contributed by atoms with Gasteiger partial charge in [-0.05, 0) is 36.4 Å². The normalized spacial score (nSPS) is 16.0. The van der Waals surface area contributed by atoms with Gasteiger partial charge in [-0.25, -0.2) is 0 Å². The van der Waals surface area contributed by atoms with E-state index in [0.717, 1.165) is 0 Å². The Bertz CT molecular complexity index is 869. The second-order valence-corrected chi connectivity index (χ2v) is 7.80. The minimum absolute atomic E-state index is 0.240. The van der Waals surface area contributed by atoms with Crippen LogP contribution in [0.15, 0.2) is 36.4 Å². The Kier molecular flexibility index (Phi) is 6.59. The second-order valence-electron chi connectivity index (χ2n) is 5.98. The summed E-state index contributed by atoms with van der Waals surface area (Å²) in [7, 11) is 3.02. The number of nitrogens with zero attached hydrogens (tertiary/aromatic N) is 1. The molecule has 1 N–H and O–H groups in total. The van der Waals surface area contributed by atoms with Crippen molar-refractivity contribution in [1.29, 1.82) is 0 Å². The standard InChI is InChI=1S/C19H18Cl2N2O4S/c1-26-13-5-3-12(4-6-13)22-18(24)16-9-28-10-23(16)19(25)11-7-14(20)17(27-2)15(21)8-11/h3-8,16H,9-10H2,1-2H3,(H,22,24). The van der Waals surface area contributed by atoms with Crippen LogP contribution in [0.5, 0.6) is 11.5 Å². The molecule has 2 aromatic carbocycles. The van der Waals surface area contributed by atoms with Gasteiger partial charge in [0.05, 0.1) is 30.1 Å². The lowest BCUT2D eigenvalue weighted by atomic mass is 10.1. The summed E-state index contributed by atoms with van der Waals surface area (Å²) in [5, 5.41) is 3.32. The maximum absolute atomic E-state index is 13.0. The van der Waals surface area contributed by atoms with Gasteiger partial charge in [0.1, 0.15) is 11.8 Å². The number of amides is 2. The average molecular weight is 441 g/mol. The van der Waals surface area contributed by atoms with Crippen molar-refractivity contribution in [3.63, 3.8) is 0 Å². The predicted octanol–water partition coefficient (Wildman–Crippen LogP) is 4.16. The molecule has 9 heteroatoms. The molecule has 28 heavy (non-hydrogen) atoms. The molecule has 2 amide bonds. The van der Waals surface area contributed by atoms with Crippen LogP contribution in [0.25, 0.3) is 0 Å². The van der Waals surface area contributed by atoms with Gasteiger partial charge in [0.15, 0.2) is 5.75 Å². The number of nitrogens with one attached hydrogen (secondary N) is 1. The fourth-order valence-electron chi connectivity index (χ4n) is 2.80. The smallest absolute Gasteiger partial charge is 0.255 e. The number of hydrogen-bond donors (Lipinski definition) is 1. The summed E-state index contributed by atoms with van der Waals surface area (Å²) in [4.78, 5) is 27.2. The van der Waals surface area contributed by atoms with E-state index in [9.17, 15) is 9.59 Å². The summed E-state index contributed by atoms with van der Waals surface area (Å²) >= 11 is 13.8. The Hall–Kier alpha value is -2.09. The van der Waals surface area contributed by atoms with Crippen LogP contribution in [0.4, 0.5) is 5.69 Å². The molecule has 0 aromatic heterocycles. The van der Waals surface area contributed by atoms with Gasteiger partial charge in [0.2, 0.25) is 5.91 Å². The number of carbonyl (C=O) groups is 2. The lowest BCUT2D eigenvalue weighted by molar-refractivity contribution is -0.119. The zero-order valence-corrected chi connectivity index (χ0v) is 17.5. The summed E-state index contributed by atoms with van der Waals surface area (Å²) in [6.07, 6.45) is 0. The predicted molar refractivity (Wildman–Crippen MR) is 112 cm³/mol. The van der Waals surface area contributed by atoms with Gasteiger partial charge >= 0.3 is 0 Å². The Morgan fingerprint density at radius 3 is 2.32 bits per heavy atom. The largest absolute Gasteiger partial charge is 0.497 e. The maximum Gasteiger partial charge on any atom is 0.255 e. The summed E-state index contributed by atoms with van der Waals surface area (Å²) < 4.78 is 10.2. The molecular weight excluding hydrogens is 423 g/mol. The van der Waals surface area contributed by atoms with Crippen molar-refractivity contribution >= 4 is 52.5 Å². The minimum Gasteiger partial charge on any atom is -0.497 e. The summed E-state index contributed by atoms with van der Waals surface area (Å²) in [5.41, 5.74) is 0.936. The molecule has 1 fully saturated rings. The molecule has 1 aliphatic rings. The van der Waals surface area contributed by atoms with Crippen LogP contribution in [0.3, 0.4) is 0 Å². The van der Waals surface area contributed by atoms with E-state index in [1.54, 1.807) is 31.4 Å². The van der Waals surface area contributed by atoms with E-state index in [1.165, 1.54) is 35.9 Å². The third-order valence-electron chi connectivity index (χ3n) is 4.25. The summed E-state index contributed by atoms with van der Waals surface area (Å²) in [6.45, 7) is 0. The number of carbonyl (C=O) groups excluding carboxylic acids is 2. The van der Waals surface area contributed by atoms with E-state index in [0.29, 0.717) is 34.4 Å². The lowest BCUT2D eigenvalue weighted by Crippen LogP contribution is -2.44. The van der Waals surface area contributed by atoms with Gasteiger partial charge < -0.3 is 19.7 Å². The van der Waals surface area contributed by atoms with E-state index in [-0.39, 0.29) is 21.9 Å². The SMILES string of the molecule is COc1ccc(NC(=O)C2CSCN2C(=O)c2cc(Cl)c(OC)c(Cl)c2)cc1. The molecule has 1 heterocycles. The van der Waals surface area contributed by atoms with Crippen molar-refractivity contribution in [3.8, 4) is 11.5 Å². The van der Waals surface area contributed by atoms with E-state index in [1.807, 2.05) is 0 Å². The van der Waals surface area contributed by atoms with Crippen LogP contribution in [-0.4, -0.2) is 48.6 Å². The highest BCUT2D eigenvalue weighted by Crippen LogP contribution is 2.35. The Morgan fingerprint density at radius 2 is 1.75 bits per heavy atom. The van der Waals surface area contributed by atoms with E-state index < -0.39 is 6.04 Å². The van der Waals surface area contributed by atoms with Crippen LogP contribution >= 0.6 is 35.0 Å². The highest BCUT2D eigenvalue weighted by atomic mass is 35.5. The van der Waals surface area contributed by atoms with Crippen LogP contribution < -0.4 is 14.8 Å². The number of methoxy groups -OCH3 is 2. The number of ether oxygens (including phenoxy) is 2. The third kappa shape index (κ3) is 4.32. The van der Waals surface area contributed by atoms with Crippen LogP contribution in [0.2, 0.25) is 10.0 Å². The van der Waals surface area contributed by atoms with Gasteiger partial charge in [-0.1, -0.05) is 23.2 Å². The molecule has 0 spiro atoms. The Morgan fingerprint density at radius 1 is 1.11 bits per heavy atom. The molecule has 0 saturated carbocycles. The highest BCUT2D eigenvalue weighted by molar-refractivity contribution is 7.99. The minimum atomic E-state index is -0.598. The highest BCUT2D eigenvalue weighted by Gasteiger charge is 2.35. The number of thioether (sulfide) groups is 1. The van der Waals surface area contributed by atoms with E-state index in [4.69, 9.17) is 32.7 Å². The molecule has 1 atom stereocenters. The monoisotopic (exact) mass is 440 g/mol. The number of anilines is 1. The zero-order valence-electron chi connectivity index (χ0n) is 15.2. The first kappa shape index (κ1) is 20.6. The summed E-state index contributed by atoms with van der Waals surface area (Å²) in [6, 6.07) is 9.39. The number of halogens is 2. The zero-order chi connectivity index (χ0) is 20.3. The number of rotatable bonds is 5. The van der Waals surface area contributed by atoms with Crippen LogP contribution in [-0.2, 0) is 4.79 Å². The second kappa shape index (κ2) is 8.94. The number of benzene rings is 2. The van der Waals surface area contributed by atoms with Gasteiger partial charge in [-0.3, -0.25) is 9.59 Å². The molecule has 0 bridgehead atoms. The fraction of sp³-hybridized carbons (Fsp3) is 0.263. The van der Waals surface area contributed by atoms with Crippen molar-refractivity contribution in [1.82, 2.24) is 4.90 Å². The molecule has 0 aliphatic carbocycles. The Labute approximate surface area is 177 Å². The molecule has 148 valence electrons. The molecule has 3 rings (SSSR count). The third-order valence-corrected chi connectivity index (χ3v) is 5.83. The topological polar surface area (TPSA) is 67.9 Å². The van der Waals surface area contributed by atoms with Crippen molar-refractivity contribution in [3.05, 3.63) is 52.0 Å². The van der Waals surface area contributed by atoms with E-state index in [2.05, 4.69) is 5.32 Å². The molecule has 1 aliphatic heterocycles. The van der Waals surface area contributed by atoms with Crippen molar-refractivity contribution < 1.29 is 19.1 Å². The van der Waals surface area contributed by atoms with Crippen LogP contribution in [0.1, 0.15) is 10.4 Å². The molecule has 1 unspecified atom stereocenters. The average Bonchev–Trinajstić information content (AvgIpc) is 3.17. The van der Waals surface area contributed by atoms with Gasteiger partial charge in [-0.2, -0.15) is 0 Å². The molecule has 6 nitrogen and oxygen atoms in total. The fourth-order valence-corrected chi connectivity index (χ4v) is 4.60. The first-order chi connectivity index (χ1) is 13.4. The molecular formula is C19H18Cl2N2O4S. The first-order valence-electron chi connectivity index (χ1n) is 8.31. The lowest BCUT2D eigenvalue weighted by Gasteiger charge is -2.23. The molecule has 2 aromatic rings. The molecule has 0 radical (unpaired) electrons. The van der Waals surface area contributed by atoms with Crippen molar-refractivity contribution in [2.75, 3.05) is 31.2 Å². The van der Waals surface area contributed by atoms with Crippen molar-refractivity contribution in [2.24, 2.45) is 0 Å². The first-order valence-corrected chi connectivity index (χ1v) is 10.2. The molecule has 1 saturated heterocycles. The van der Waals surface area contributed by atoms with E-state index >= 15 is 0 Å².